The highest BCUT2D eigenvalue weighted by molar-refractivity contribution is 5.81. The van der Waals surface area contributed by atoms with Gasteiger partial charge >= 0.3 is 0 Å². The zero-order chi connectivity index (χ0) is 9.47. The van der Waals surface area contributed by atoms with Crippen molar-refractivity contribution in [1.29, 1.82) is 0 Å². The number of benzene rings is 1. The number of nitrogens with two attached hydrogens (primary N) is 2. The van der Waals surface area contributed by atoms with Crippen molar-refractivity contribution in [3.8, 4) is 0 Å². The zero-order valence-corrected chi connectivity index (χ0v) is 7.70. The molecule has 3 heteroatoms. The summed E-state index contributed by atoms with van der Waals surface area (Å²) in [5.74, 6) is 6.13. The Morgan fingerprint density at radius 1 is 1.38 bits per heavy atom. The van der Waals surface area contributed by atoms with Crippen LogP contribution in [0.25, 0.3) is 6.08 Å². The average Bonchev–Trinajstić information content (AvgIpc) is 2.47. The third-order valence-corrected chi connectivity index (χ3v) is 2.60. The van der Waals surface area contributed by atoms with Crippen LogP contribution in [0.15, 0.2) is 24.4 Å². The number of rotatable bonds is 1. The lowest BCUT2D eigenvalue weighted by Gasteiger charge is -2.23. The molecule has 0 bridgehead atoms. The minimum Gasteiger partial charge on any atom is -0.398 e. The lowest BCUT2D eigenvalue weighted by atomic mass is 10.1. The van der Waals surface area contributed by atoms with Gasteiger partial charge in [-0.2, -0.15) is 10.4 Å². The lowest BCUT2D eigenvalue weighted by molar-refractivity contribution is 0.414. The van der Waals surface area contributed by atoms with Crippen LogP contribution in [0.4, 0.5) is 11.4 Å². The quantitative estimate of drug-likeness (QED) is 0.386. The van der Waals surface area contributed by atoms with Gasteiger partial charge in [-0.15, -0.1) is 0 Å². The number of nitrogen functional groups attached to an aromatic ring is 1. The van der Waals surface area contributed by atoms with Gasteiger partial charge in [0.15, 0.2) is 5.69 Å². The van der Waals surface area contributed by atoms with Crippen molar-refractivity contribution in [3.05, 3.63) is 30.0 Å². The molecule has 3 nitrogen and oxygen atoms in total. The topological polar surface area (TPSA) is 52.0 Å². The first kappa shape index (κ1) is 8.29. The number of anilines is 1. The molecule has 1 heterocycles. The van der Waals surface area contributed by atoms with Gasteiger partial charge in [0.1, 0.15) is 12.7 Å². The third-order valence-electron chi connectivity index (χ3n) is 2.60. The lowest BCUT2D eigenvalue weighted by Crippen LogP contribution is -2.49. The van der Waals surface area contributed by atoms with Crippen molar-refractivity contribution >= 4 is 17.5 Å². The average molecular weight is 176 g/mol. The van der Waals surface area contributed by atoms with E-state index >= 15 is 0 Å². The fraction of sp³-hybridized carbons (Fsp3) is 0.200. The summed E-state index contributed by atoms with van der Waals surface area (Å²) in [6, 6.07) is 5.86. The van der Waals surface area contributed by atoms with E-state index in [1.54, 1.807) is 0 Å². The van der Waals surface area contributed by atoms with Crippen LogP contribution in [0.2, 0.25) is 0 Å². The van der Waals surface area contributed by atoms with Crippen molar-refractivity contribution in [3.63, 3.8) is 0 Å². The molecule has 0 spiro atoms. The molecule has 1 aromatic carbocycles. The summed E-state index contributed by atoms with van der Waals surface area (Å²) in [6.45, 7) is 2.90. The minimum atomic E-state index is 0.361. The van der Waals surface area contributed by atoms with Crippen LogP contribution in [0.3, 0.4) is 0 Å². The van der Waals surface area contributed by atoms with Crippen LogP contribution in [-0.4, -0.2) is 6.54 Å². The van der Waals surface area contributed by atoms with Gasteiger partial charge in [0.05, 0.1) is 5.56 Å². The molecule has 0 fully saturated rings. The standard InChI is InChI=1S/C10H14N3/c1-2-13(12)7-6-8-9(11)4-3-5-10(8)13/h3-7H,2,11-12H2,1H3/q+1. The van der Waals surface area contributed by atoms with Crippen molar-refractivity contribution in [2.75, 3.05) is 12.3 Å². The maximum Gasteiger partial charge on any atom is 0.166 e. The normalized spacial score (nSPS) is 24.8. The molecule has 1 atom stereocenters. The van der Waals surface area contributed by atoms with Gasteiger partial charge in [-0.05, 0) is 13.0 Å². The molecule has 13 heavy (non-hydrogen) atoms. The Balaban J connectivity index is 2.61. The van der Waals surface area contributed by atoms with Gasteiger partial charge in [0.25, 0.3) is 0 Å². The first-order valence-corrected chi connectivity index (χ1v) is 4.42. The van der Waals surface area contributed by atoms with E-state index in [9.17, 15) is 0 Å². The summed E-state index contributed by atoms with van der Waals surface area (Å²) in [7, 11) is 0. The zero-order valence-electron chi connectivity index (χ0n) is 7.70. The molecule has 1 aliphatic rings. The second-order valence-corrected chi connectivity index (χ2v) is 3.34. The fourth-order valence-corrected chi connectivity index (χ4v) is 1.68. The van der Waals surface area contributed by atoms with Gasteiger partial charge in [-0.3, -0.25) is 0 Å². The third kappa shape index (κ3) is 1.05. The molecule has 1 aromatic rings. The molecule has 0 amide bonds. The summed E-state index contributed by atoms with van der Waals surface area (Å²) in [5.41, 5.74) is 8.78. The monoisotopic (exact) mass is 176 g/mol. The van der Waals surface area contributed by atoms with Crippen LogP contribution in [0.1, 0.15) is 12.5 Å². The molecule has 1 unspecified atom stereocenters. The summed E-state index contributed by atoms with van der Waals surface area (Å²) >= 11 is 0. The Bertz CT molecular complexity index is 370. The van der Waals surface area contributed by atoms with E-state index in [4.69, 9.17) is 11.6 Å². The summed E-state index contributed by atoms with van der Waals surface area (Å²) < 4.78 is 0.361. The van der Waals surface area contributed by atoms with E-state index in [0.29, 0.717) is 4.59 Å². The van der Waals surface area contributed by atoms with Crippen LogP contribution >= 0.6 is 0 Å². The van der Waals surface area contributed by atoms with Crippen molar-refractivity contribution < 1.29 is 0 Å². The molecular weight excluding hydrogens is 162 g/mol. The van der Waals surface area contributed by atoms with Gasteiger partial charge in [-0.25, -0.2) is 0 Å². The van der Waals surface area contributed by atoms with E-state index in [1.165, 1.54) is 0 Å². The van der Waals surface area contributed by atoms with Crippen molar-refractivity contribution in [2.45, 2.75) is 6.92 Å². The first-order chi connectivity index (χ1) is 6.17. The summed E-state index contributed by atoms with van der Waals surface area (Å²) in [4.78, 5) is 0. The fourth-order valence-electron chi connectivity index (χ4n) is 1.68. The molecule has 0 saturated heterocycles. The number of hydrogen-bond donors (Lipinski definition) is 2. The molecule has 0 radical (unpaired) electrons. The molecule has 4 N–H and O–H groups in total. The minimum absolute atomic E-state index is 0.361. The number of fused-ring (bicyclic) bond motifs is 1. The van der Waals surface area contributed by atoms with E-state index in [-0.39, 0.29) is 0 Å². The van der Waals surface area contributed by atoms with Gasteiger partial charge in [0.2, 0.25) is 0 Å². The first-order valence-electron chi connectivity index (χ1n) is 4.42. The second-order valence-electron chi connectivity index (χ2n) is 3.34. The highest BCUT2D eigenvalue weighted by atomic mass is 15.6. The van der Waals surface area contributed by atoms with Crippen molar-refractivity contribution in [1.82, 2.24) is 4.59 Å². The summed E-state index contributed by atoms with van der Waals surface area (Å²) in [5, 5.41) is 0. The second kappa shape index (κ2) is 2.58. The molecule has 68 valence electrons. The Morgan fingerprint density at radius 2 is 2.15 bits per heavy atom. The van der Waals surface area contributed by atoms with Gasteiger partial charge in [0, 0.05) is 17.8 Å². The molecule has 1 aliphatic heterocycles. The van der Waals surface area contributed by atoms with E-state index in [0.717, 1.165) is 23.5 Å². The Hall–Kier alpha value is -1.32. The predicted molar refractivity (Wildman–Crippen MR) is 56.4 cm³/mol. The van der Waals surface area contributed by atoms with Crippen LogP contribution in [0, 0.1) is 0 Å². The largest absolute Gasteiger partial charge is 0.398 e. The van der Waals surface area contributed by atoms with Crippen molar-refractivity contribution in [2.24, 2.45) is 5.84 Å². The van der Waals surface area contributed by atoms with Crippen LogP contribution < -0.4 is 16.2 Å². The predicted octanol–water partition coefficient (Wildman–Crippen LogP) is 1.45. The molecule has 0 aliphatic carbocycles. The van der Waals surface area contributed by atoms with Gasteiger partial charge in [-0.1, -0.05) is 6.07 Å². The van der Waals surface area contributed by atoms with E-state index < -0.39 is 0 Å². The smallest absolute Gasteiger partial charge is 0.166 e. The van der Waals surface area contributed by atoms with Crippen LogP contribution in [0.5, 0.6) is 0 Å². The highest BCUT2D eigenvalue weighted by Gasteiger charge is 2.30. The number of quaternary nitrogens is 1. The number of nitrogens with zero attached hydrogens (tertiary/aromatic N) is 1. The Kier molecular flexibility index (Phi) is 1.65. The van der Waals surface area contributed by atoms with E-state index in [2.05, 4.69) is 6.92 Å². The van der Waals surface area contributed by atoms with Gasteiger partial charge < -0.3 is 5.73 Å². The van der Waals surface area contributed by atoms with E-state index in [1.807, 2.05) is 30.5 Å². The molecule has 2 rings (SSSR count). The van der Waals surface area contributed by atoms with Crippen LogP contribution in [-0.2, 0) is 0 Å². The summed E-state index contributed by atoms with van der Waals surface area (Å²) in [6.07, 6.45) is 3.97. The molecule has 0 aromatic heterocycles. The highest BCUT2D eigenvalue weighted by Crippen LogP contribution is 2.35. The maximum absolute atomic E-state index is 6.13. The Labute approximate surface area is 77.8 Å². The number of hydrogen-bond acceptors (Lipinski definition) is 2. The molecular formula is C10H14N3+. The maximum atomic E-state index is 6.13. The SMILES string of the molecule is CC[N+]1(N)C=Cc2c(N)cccc21. The molecule has 0 saturated carbocycles. The Morgan fingerprint density at radius 3 is 2.85 bits per heavy atom.